The highest BCUT2D eigenvalue weighted by Gasteiger charge is 2.13. The van der Waals surface area contributed by atoms with Gasteiger partial charge in [-0.1, -0.05) is 23.2 Å². The summed E-state index contributed by atoms with van der Waals surface area (Å²) in [6.45, 7) is 6.26. The van der Waals surface area contributed by atoms with Crippen molar-refractivity contribution in [2.45, 2.75) is 32.7 Å². The number of carbonyl (C=O) groups excluding carboxylic acids is 1. The van der Waals surface area contributed by atoms with Crippen LogP contribution < -0.4 is 16.0 Å². The van der Waals surface area contributed by atoms with E-state index in [9.17, 15) is 4.79 Å². The summed E-state index contributed by atoms with van der Waals surface area (Å²) >= 11 is 12.0. The van der Waals surface area contributed by atoms with Gasteiger partial charge in [-0.15, -0.1) is 0 Å². The second kappa shape index (κ2) is 6.99. The van der Waals surface area contributed by atoms with E-state index in [1.807, 2.05) is 20.8 Å². The third-order valence-electron chi connectivity index (χ3n) is 2.33. The molecule has 1 amide bonds. The molecule has 0 aliphatic heterocycles. The average molecular weight is 319 g/mol. The van der Waals surface area contributed by atoms with Gasteiger partial charge in [-0.05, 0) is 26.8 Å². The number of halogens is 2. The molecule has 0 spiro atoms. The van der Waals surface area contributed by atoms with Gasteiger partial charge in [0.15, 0.2) is 0 Å². The van der Waals surface area contributed by atoms with E-state index in [1.165, 1.54) is 0 Å². The first-order valence-corrected chi connectivity index (χ1v) is 7.07. The van der Waals surface area contributed by atoms with E-state index in [4.69, 9.17) is 23.2 Å². The second-order valence-electron chi connectivity index (χ2n) is 5.37. The van der Waals surface area contributed by atoms with Gasteiger partial charge in [0.05, 0.1) is 10.0 Å². The highest BCUT2D eigenvalue weighted by Crippen LogP contribution is 2.28. The van der Waals surface area contributed by atoms with Crippen LogP contribution in [0.1, 0.15) is 27.2 Å². The highest BCUT2D eigenvalue weighted by atomic mass is 35.5. The van der Waals surface area contributed by atoms with Gasteiger partial charge in [0.25, 0.3) is 0 Å². The lowest BCUT2D eigenvalue weighted by Gasteiger charge is -2.20. The first-order valence-electron chi connectivity index (χ1n) is 6.31. The van der Waals surface area contributed by atoms with Crippen LogP contribution in [0.5, 0.6) is 0 Å². The minimum atomic E-state index is -0.230. The normalized spacial score (nSPS) is 11.1. The number of nitrogens with zero attached hydrogens (tertiary/aromatic N) is 1. The quantitative estimate of drug-likeness (QED) is 0.780. The van der Waals surface area contributed by atoms with Crippen molar-refractivity contribution in [2.24, 2.45) is 0 Å². The Morgan fingerprint density at radius 1 is 1.25 bits per heavy atom. The predicted octanol–water partition coefficient (Wildman–Crippen LogP) is 3.15. The van der Waals surface area contributed by atoms with Gasteiger partial charge in [0.1, 0.15) is 11.6 Å². The Morgan fingerprint density at radius 3 is 2.40 bits per heavy atom. The van der Waals surface area contributed by atoms with Gasteiger partial charge >= 0.3 is 0 Å². The Labute approximate surface area is 129 Å². The van der Waals surface area contributed by atoms with Crippen LogP contribution in [0.3, 0.4) is 0 Å². The average Bonchev–Trinajstić information content (AvgIpc) is 2.29. The highest BCUT2D eigenvalue weighted by molar-refractivity contribution is 6.37. The van der Waals surface area contributed by atoms with Crippen LogP contribution >= 0.6 is 23.2 Å². The first-order chi connectivity index (χ1) is 9.23. The van der Waals surface area contributed by atoms with Crippen LogP contribution in [0.15, 0.2) is 6.07 Å². The van der Waals surface area contributed by atoms with Gasteiger partial charge < -0.3 is 16.0 Å². The maximum atomic E-state index is 11.7. The monoisotopic (exact) mass is 318 g/mol. The number of anilines is 2. The molecule has 0 aliphatic rings. The molecule has 0 saturated heterocycles. The smallest absolute Gasteiger partial charge is 0.222 e. The Morgan fingerprint density at radius 2 is 1.85 bits per heavy atom. The van der Waals surface area contributed by atoms with Crippen LogP contribution in [-0.4, -0.2) is 30.0 Å². The third-order valence-corrected chi connectivity index (χ3v) is 2.90. The van der Waals surface area contributed by atoms with Crippen molar-refractivity contribution in [1.29, 1.82) is 0 Å². The number of carbonyl (C=O) groups is 1. The van der Waals surface area contributed by atoms with Crippen molar-refractivity contribution in [3.63, 3.8) is 0 Å². The summed E-state index contributed by atoms with van der Waals surface area (Å²) in [4.78, 5) is 15.9. The molecule has 0 saturated carbocycles. The molecule has 1 aromatic heterocycles. The van der Waals surface area contributed by atoms with Gasteiger partial charge in [-0.2, -0.15) is 0 Å². The van der Waals surface area contributed by atoms with E-state index in [0.717, 1.165) is 0 Å². The second-order valence-corrected chi connectivity index (χ2v) is 6.19. The lowest BCUT2D eigenvalue weighted by atomic mass is 10.1. The molecule has 1 rings (SSSR count). The number of rotatable bonds is 5. The summed E-state index contributed by atoms with van der Waals surface area (Å²) < 4.78 is 0. The van der Waals surface area contributed by atoms with Gasteiger partial charge in [0, 0.05) is 25.6 Å². The summed E-state index contributed by atoms with van der Waals surface area (Å²) in [5.74, 6) is 1.02. The van der Waals surface area contributed by atoms with Crippen LogP contribution in [-0.2, 0) is 4.79 Å². The number of hydrogen-bond acceptors (Lipinski definition) is 4. The Bertz CT molecular complexity index is 486. The summed E-state index contributed by atoms with van der Waals surface area (Å²) in [6.07, 6.45) is 0.340. The maximum Gasteiger partial charge on any atom is 0.222 e. The lowest BCUT2D eigenvalue weighted by Crippen LogP contribution is -2.41. The molecule has 20 heavy (non-hydrogen) atoms. The number of amides is 1. The van der Waals surface area contributed by atoms with Crippen LogP contribution in [0.2, 0.25) is 10.0 Å². The zero-order chi connectivity index (χ0) is 15.3. The lowest BCUT2D eigenvalue weighted by molar-refractivity contribution is -0.122. The number of aromatic nitrogens is 1. The largest absolute Gasteiger partial charge is 0.372 e. The van der Waals surface area contributed by atoms with E-state index >= 15 is 0 Å². The van der Waals surface area contributed by atoms with E-state index in [2.05, 4.69) is 20.9 Å². The zero-order valence-corrected chi connectivity index (χ0v) is 13.6. The van der Waals surface area contributed by atoms with Crippen molar-refractivity contribution in [2.75, 3.05) is 24.2 Å². The molecule has 112 valence electrons. The van der Waals surface area contributed by atoms with Gasteiger partial charge in [-0.3, -0.25) is 4.79 Å². The fraction of sp³-hybridized carbons (Fsp3) is 0.538. The molecule has 0 bridgehead atoms. The van der Waals surface area contributed by atoms with Gasteiger partial charge in [0.2, 0.25) is 5.91 Å². The first kappa shape index (κ1) is 16.9. The van der Waals surface area contributed by atoms with Crippen molar-refractivity contribution in [3.05, 3.63) is 16.1 Å². The van der Waals surface area contributed by atoms with E-state index in [0.29, 0.717) is 34.6 Å². The number of hydrogen-bond donors (Lipinski definition) is 3. The van der Waals surface area contributed by atoms with Crippen LogP contribution in [0.4, 0.5) is 11.6 Å². The van der Waals surface area contributed by atoms with E-state index < -0.39 is 0 Å². The molecule has 1 aromatic rings. The zero-order valence-electron chi connectivity index (χ0n) is 12.1. The molecule has 5 nitrogen and oxygen atoms in total. The molecular formula is C13H20Cl2N4O. The topological polar surface area (TPSA) is 66.0 Å². The molecule has 0 radical (unpaired) electrons. The van der Waals surface area contributed by atoms with Crippen molar-refractivity contribution in [1.82, 2.24) is 10.3 Å². The molecule has 3 N–H and O–H groups in total. The SMILES string of the molecule is CNc1nc(NCCC(=O)NC(C)(C)C)c(Cl)cc1Cl. The summed E-state index contributed by atoms with van der Waals surface area (Å²) in [5.41, 5.74) is -0.230. The maximum absolute atomic E-state index is 11.7. The molecule has 0 aromatic carbocycles. The standard InChI is InChI=1S/C13H20Cl2N4O/c1-13(2,3)19-10(20)5-6-17-12-9(15)7-8(14)11(16-4)18-12/h7H,5-6H2,1-4H3,(H,19,20)(H2,16,17,18). The summed E-state index contributed by atoms with van der Waals surface area (Å²) in [5, 5.41) is 9.66. The Kier molecular flexibility index (Phi) is 5.89. The van der Waals surface area contributed by atoms with E-state index in [-0.39, 0.29) is 11.4 Å². The minimum Gasteiger partial charge on any atom is -0.372 e. The van der Waals surface area contributed by atoms with Crippen molar-refractivity contribution < 1.29 is 4.79 Å². The molecule has 1 heterocycles. The predicted molar refractivity (Wildman–Crippen MR) is 84.8 cm³/mol. The third kappa shape index (κ3) is 5.43. The van der Waals surface area contributed by atoms with Crippen molar-refractivity contribution >= 4 is 40.7 Å². The Hall–Kier alpha value is -1.20. The van der Waals surface area contributed by atoms with Crippen molar-refractivity contribution in [3.8, 4) is 0 Å². The fourth-order valence-corrected chi connectivity index (χ4v) is 2.06. The van der Waals surface area contributed by atoms with Crippen LogP contribution in [0.25, 0.3) is 0 Å². The minimum absolute atomic E-state index is 0.0241. The molecule has 0 aliphatic carbocycles. The molecule has 7 heteroatoms. The van der Waals surface area contributed by atoms with E-state index in [1.54, 1.807) is 13.1 Å². The number of pyridine rings is 1. The van der Waals surface area contributed by atoms with Crippen LogP contribution in [0, 0.1) is 0 Å². The molecule has 0 unspecified atom stereocenters. The Balaban J connectivity index is 2.56. The molecule has 0 atom stereocenters. The number of nitrogens with one attached hydrogen (secondary N) is 3. The van der Waals surface area contributed by atoms with Gasteiger partial charge in [-0.25, -0.2) is 4.98 Å². The summed E-state index contributed by atoms with van der Waals surface area (Å²) in [6, 6.07) is 1.61. The fourth-order valence-electron chi connectivity index (χ4n) is 1.54. The summed E-state index contributed by atoms with van der Waals surface area (Å²) in [7, 11) is 1.72. The molecular weight excluding hydrogens is 299 g/mol. The molecule has 0 fully saturated rings.